The Morgan fingerprint density at radius 1 is 1.32 bits per heavy atom. The summed E-state index contributed by atoms with van der Waals surface area (Å²) in [5.41, 5.74) is 0.433. The van der Waals surface area contributed by atoms with Crippen LogP contribution in [0.4, 0.5) is 5.69 Å². The number of amides is 1. The summed E-state index contributed by atoms with van der Waals surface area (Å²) in [4.78, 5) is 24.9. The number of halogens is 1. The maximum Gasteiger partial charge on any atom is 0.361 e. The van der Waals surface area contributed by atoms with E-state index in [1.165, 1.54) is 0 Å². The molecule has 136 valence electrons. The minimum Gasteiger partial charge on any atom is -0.458 e. The minimum atomic E-state index is -0.563. The first-order valence-corrected chi connectivity index (χ1v) is 8.93. The zero-order valence-corrected chi connectivity index (χ0v) is 16.3. The summed E-state index contributed by atoms with van der Waals surface area (Å²) in [5.74, 6) is -0.834. The van der Waals surface area contributed by atoms with Crippen molar-refractivity contribution in [1.29, 1.82) is 0 Å². The predicted octanol–water partition coefficient (Wildman–Crippen LogP) is 3.02. The number of carbonyl (C=O) groups excluding carboxylic acids is 2. The van der Waals surface area contributed by atoms with E-state index in [0.29, 0.717) is 18.7 Å². The van der Waals surface area contributed by atoms with E-state index < -0.39 is 12.0 Å². The molecule has 1 N–H and O–H groups in total. The maximum atomic E-state index is 12.7. The molecule has 0 aliphatic heterocycles. The third kappa shape index (κ3) is 4.68. The van der Waals surface area contributed by atoms with Crippen LogP contribution in [0.15, 0.2) is 23.1 Å². The highest BCUT2D eigenvalue weighted by atomic mass is 79.9. The molecule has 2 aromatic heterocycles. The largest absolute Gasteiger partial charge is 0.458 e. The average Bonchev–Trinajstić information content (AvgIpc) is 3.14. The smallest absolute Gasteiger partial charge is 0.361 e. The Morgan fingerprint density at radius 3 is 2.56 bits per heavy atom. The van der Waals surface area contributed by atoms with Crippen LogP contribution in [0.2, 0.25) is 0 Å². The quantitative estimate of drug-likeness (QED) is 0.706. The summed E-state index contributed by atoms with van der Waals surface area (Å²) in [6.07, 6.45) is 5.26. The van der Waals surface area contributed by atoms with Gasteiger partial charge < -0.3 is 10.1 Å². The summed E-state index contributed by atoms with van der Waals surface area (Å²) in [7, 11) is 0. The average molecular weight is 412 g/mol. The monoisotopic (exact) mass is 411 g/mol. The number of esters is 1. The summed E-state index contributed by atoms with van der Waals surface area (Å²) in [6.45, 7) is 7.88. The molecule has 1 unspecified atom stereocenters. The Kier molecular flexibility index (Phi) is 6.35. The van der Waals surface area contributed by atoms with Crippen molar-refractivity contribution in [2.45, 2.75) is 52.8 Å². The highest BCUT2D eigenvalue weighted by Crippen LogP contribution is 2.20. The van der Waals surface area contributed by atoms with Crippen LogP contribution in [0.5, 0.6) is 0 Å². The van der Waals surface area contributed by atoms with E-state index in [2.05, 4.69) is 31.4 Å². The lowest BCUT2D eigenvalue weighted by Gasteiger charge is -2.15. The van der Waals surface area contributed by atoms with Gasteiger partial charge in [0.1, 0.15) is 6.04 Å². The van der Waals surface area contributed by atoms with Crippen LogP contribution in [0.25, 0.3) is 0 Å². The zero-order valence-electron chi connectivity index (χ0n) is 14.7. The van der Waals surface area contributed by atoms with Gasteiger partial charge in [-0.3, -0.25) is 14.2 Å². The van der Waals surface area contributed by atoms with Crippen molar-refractivity contribution in [2.75, 3.05) is 5.32 Å². The molecule has 0 aromatic carbocycles. The lowest BCUT2D eigenvalue weighted by atomic mass is 10.2. The van der Waals surface area contributed by atoms with Gasteiger partial charge in [-0.25, -0.2) is 4.79 Å². The van der Waals surface area contributed by atoms with Crippen molar-refractivity contribution < 1.29 is 14.3 Å². The van der Waals surface area contributed by atoms with Gasteiger partial charge in [0.05, 0.1) is 22.5 Å². The topological polar surface area (TPSA) is 91.0 Å². The fourth-order valence-electron chi connectivity index (χ4n) is 2.29. The maximum absolute atomic E-state index is 12.7. The number of rotatable bonds is 7. The third-order valence-corrected chi connectivity index (χ3v) is 3.87. The van der Waals surface area contributed by atoms with Gasteiger partial charge in [0.25, 0.3) is 0 Å². The van der Waals surface area contributed by atoms with Crippen LogP contribution in [0.1, 0.15) is 50.6 Å². The molecule has 0 bridgehead atoms. The van der Waals surface area contributed by atoms with Crippen LogP contribution in [0, 0.1) is 0 Å². The first kappa shape index (κ1) is 19.2. The van der Waals surface area contributed by atoms with Gasteiger partial charge in [-0.2, -0.15) is 10.2 Å². The van der Waals surface area contributed by atoms with Gasteiger partial charge in [0.15, 0.2) is 5.69 Å². The van der Waals surface area contributed by atoms with Gasteiger partial charge in [-0.05, 0) is 43.1 Å². The van der Waals surface area contributed by atoms with E-state index in [-0.39, 0.29) is 17.7 Å². The van der Waals surface area contributed by atoms with E-state index in [0.717, 1.165) is 4.47 Å². The Morgan fingerprint density at radius 2 is 2.04 bits per heavy atom. The highest BCUT2D eigenvalue weighted by molar-refractivity contribution is 9.10. The molecule has 8 nitrogen and oxygen atoms in total. The molecule has 0 aliphatic carbocycles. The number of nitrogens with one attached hydrogen (secondary N) is 1. The van der Waals surface area contributed by atoms with Crippen LogP contribution in [0.3, 0.4) is 0 Å². The number of nitrogens with zero attached hydrogens (tertiary/aromatic N) is 4. The molecule has 0 saturated carbocycles. The normalized spacial score (nSPS) is 12.2. The second kappa shape index (κ2) is 8.28. The van der Waals surface area contributed by atoms with Crippen molar-refractivity contribution in [2.24, 2.45) is 0 Å². The number of aromatic nitrogens is 4. The second-order valence-electron chi connectivity index (χ2n) is 5.75. The van der Waals surface area contributed by atoms with E-state index in [1.807, 2.05) is 13.8 Å². The lowest BCUT2D eigenvalue weighted by molar-refractivity contribution is -0.119. The predicted molar refractivity (Wildman–Crippen MR) is 96.3 cm³/mol. The van der Waals surface area contributed by atoms with Crippen LogP contribution in [-0.2, 0) is 16.1 Å². The molecular weight excluding hydrogens is 390 g/mol. The van der Waals surface area contributed by atoms with Crippen molar-refractivity contribution in [3.05, 3.63) is 28.8 Å². The first-order valence-electron chi connectivity index (χ1n) is 8.14. The number of carbonyl (C=O) groups is 2. The highest BCUT2D eigenvalue weighted by Gasteiger charge is 2.25. The molecule has 0 spiro atoms. The van der Waals surface area contributed by atoms with Gasteiger partial charge in [-0.15, -0.1) is 0 Å². The number of aryl methyl sites for hydroxylation is 1. The Bertz CT molecular complexity index is 753. The van der Waals surface area contributed by atoms with Gasteiger partial charge in [-0.1, -0.05) is 6.92 Å². The Balaban J connectivity index is 2.24. The molecular formula is C16H22BrN5O3. The Labute approximate surface area is 154 Å². The molecule has 25 heavy (non-hydrogen) atoms. The van der Waals surface area contributed by atoms with Crippen molar-refractivity contribution in [3.8, 4) is 0 Å². The zero-order chi connectivity index (χ0) is 18.6. The number of hydrogen-bond donors (Lipinski definition) is 1. The second-order valence-corrected chi connectivity index (χ2v) is 6.67. The summed E-state index contributed by atoms with van der Waals surface area (Å²) in [6, 6.07) is -0.495. The molecule has 0 aliphatic rings. The van der Waals surface area contributed by atoms with E-state index in [1.54, 1.807) is 41.8 Å². The standard InChI is InChI=1S/C16H22BrN5O3/c1-5-13(22-8-11(17)7-18-22)15(23)19-12-9-21(6-2)20-14(12)16(24)25-10(3)4/h7-10,13H,5-6H2,1-4H3,(H,19,23). The molecule has 9 heteroatoms. The third-order valence-electron chi connectivity index (χ3n) is 3.46. The first-order chi connectivity index (χ1) is 11.8. The van der Waals surface area contributed by atoms with Crippen LogP contribution < -0.4 is 5.32 Å². The molecule has 0 saturated heterocycles. The minimum absolute atomic E-state index is 0.0976. The molecule has 0 radical (unpaired) electrons. The van der Waals surface area contributed by atoms with Crippen molar-refractivity contribution in [3.63, 3.8) is 0 Å². The van der Waals surface area contributed by atoms with Crippen LogP contribution >= 0.6 is 15.9 Å². The van der Waals surface area contributed by atoms with Crippen molar-refractivity contribution >= 4 is 33.5 Å². The SMILES string of the molecule is CCC(C(=O)Nc1cn(CC)nc1C(=O)OC(C)C)n1cc(Br)cn1. The molecule has 0 fully saturated rings. The van der Waals surface area contributed by atoms with E-state index in [9.17, 15) is 9.59 Å². The van der Waals surface area contributed by atoms with Gasteiger partial charge in [0.2, 0.25) is 5.91 Å². The fraction of sp³-hybridized carbons (Fsp3) is 0.500. The van der Waals surface area contributed by atoms with E-state index >= 15 is 0 Å². The summed E-state index contributed by atoms with van der Waals surface area (Å²) < 4.78 is 9.15. The number of hydrogen-bond acceptors (Lipinski definition) is 5. The van der Waals surface area contributed by atoms with Crippen molar-refractivity contribution in [1.82, 2.24) is 19.6 Å². The fourth-order valence-corrected chi connectivity index (χ4v) is 2.59. The molecule has 2 rings (SSSR count). The summed E-state index contributed by atoms with van der Waals surface area (Å²) in [5, 5.41) is 11.1. The number of anilines is 1. The van der Waals surface area contributed by atoms with Crippen LogP contribution in [-0.4, -0.2) is 37.5 Å². The summed E-state index contributed by atoms with van der Waals surface area (Å²) >= 11 is 3.32. The van der Waals surface area contributed by atoms with Gasteiger partial charge >= 0.3 is 5.97 Å². The molecule has 1 amide bonds. The Hall–Kier alpha value is -2.16. The lowest BCUT2D eigenvalue weighted by Crippen LogP contribution is -2.26. The van der Waals surface area contributed by atoms with E-state index in [4.69, 9.17) is 4.74 Å². The number of ether oxygens (including phenoxy) is 1. The van der Waals surface area contributed by atoms with Gasteiger partial charge in [0, 0.05) is 18.9 Å². The molecule has 1 atom stereocenters. The molecule has 2 aromatic rings. The molecule has 2 heterocycles.